The molecule has 0 aliphatic carbocycles. The molecule has 0 spiro atoms. The van der Waals surface area contributed by atoms with Crippen molar-refractivity contribution in [3.63, 3.8) is 0 Å². The highest BCUT2D eigenvalue weighted by Gasteiger charge is 2.38. The van der Waals surface area contributed by atoms with Gasteiger partial charge in [-0.2, -0.15) is 0 Å². The van der Waals surface area contributed by atoms with Crippen LogP contribution in [-0.4, -0.2) is 58.8 Å². The van der Waals surface area contributed by atoms with Crippen LogP contribution >= 0.6 is 0 Å². The highest BCUT2D eigenvalue weighted by molar-refractivity contribution is 5.90. The summed E-state index contributed by atoms with van der Waals surface area (Å²) >= 11 is 0. The van der Waals surface area contributed by atoms with E-state index in [4.69, 9.17) is 9.47 Å². The summed E-state index contributed by atoms with van der Waals surface area (Å²) in [7, 11) is 0. The number of carbonyl (C=O) groups excluding carboxylic acids is 2. The van der Waals surface area contributed by atoms with Crippen LogP contribution in [0.3, 0.4) is 0 Å². The Bertz CT molecular complexity index is 950. The third-order valence-corrected chi connectivity index (χ3v) is 5.29. The van der Waals surface area contributed by atoms with Crippen molar-refractivity contribution < 1.29 is 39.5 Å². The van der Waals surface area contributed by atoms with E-state index in [0.717, 1.165) is 0 Å². The Hall–Kier alpha value is -3.62. The fraction of sp³-hybridized carbons (Fsp3) is 0.333. The van der Waals surface area contributed by atoms with Gasteiger partial charge in [0.1, 0.15) is 16.9 Å². The number of hydrogen-bond donors (Lipinski definition) is 4. The fourth-order valence-corrected chi connectivity index (χ4v) is 3.08. The molecule has 0 heterocycles. The van der Waals surface area contributed by atoms with Crippen LogP contribution in [0.25, 0.3) is 12.2 Å². The second kappa shape index (κ2) is 13.3. The predicted molar refractivity (Wildman–Crippen MR) is 132 cm³/mol. The molecule has 35 heavy (non-hydrogen) atoms. The highest BCUT2D eigenvalue weighted by Crippen LogP contribution is 2.34. The first kappa shape index (κ1) is 27.6. The molecule has 0 aromatic heterocycles. The lowest BCUT2D eigenvalue weighted by Crippen LogP contribution is -2.34. The minimum Gasteiger partial charge on any atom is -0.511 e. The average molecular weight is 485 g/mol. The molecule has 0 saturated carbocycles. The molecule has 4 N–H and O–H groups in total. The maximum atomic E-state index is 11.9. The van der Waals surface area contributed by atoms with Crippen molar-refractivity contribution in [1.82, 2.24) is 0 Å². The van der Waals surface area contributed by atoms with Crippen LogP contribution in [0.5, 0.6) is 0 Å². The molecule has 2 aromatic rings. The summed E-state index contributed by atoms with van der Waals surface area (Å²) in [5, 5.41) is 41.5. The lowest BCUT2D eigenvalue weighted by atomic mass is 9.83. The van der Waals surface area contributed by atoms with Crippen molar-refractivity contribution in [3.05, 3.63) is 82.3 Å². The van der Waals surface area contributed by atoms with Crippen molar-refractivity contribution in [1.29, 1.82) is 0 Å². The summed E-state index contributed by atoms with van der Waals surface area (Å²) in [4.78, 5) is 23.9. The minimum atomic E-state index is -1.86. The van der Waals surface area contributed by atoms with Crippen LogP contribution in [0.15, 0.2) is 60.0 Å². The van der Waals surface area contributed by atoms with Crippen molar-refractivity contribution in [2.45, 2.75) is 26.7 Å². The largest absolute Gasteiger partial charge is 0.511 e. The van der Waals surface area contributed by atoms with Crippen LogP contribution in [0.2, 0.25) is 0 Å². The van der Waals surface area contributed by atoms with E-state index in [0.29, 0.717) is 48.3 Å². The van der Waals surface area contributed by atoms with Gasteiger partial charge in [0.25, 0.3) is 0 Å². The van der Waals surface area contributed by atoms with E-state index in [2.05, 4.69) is 0 Å². The van der Waals surface area contributed by atoms with Gasteiger partial charge in [-0.3, -0.25) is 0 Å². The van der Waals surface area contributed by atoms with E-state index in [1.54, 1.807) is 24.3 Å². The molecule has 8 nitrogen and oxygen atoms in total. The molecule has 0 bridgehead atoms. The van der Waals surface area contributed by atoms with Gasteiger partial charge >= 0.3 is 11.9 Å². The summed E-state index contributed by atoms with van der Waals surface area (Å²) in [6.07, 6.45) is 3.98. The zero-order chi connectivity index (χ0) is 25.8. The maximum absolute atomic E-state index is 11.9. The number of rotatable bonds is 12. The van der Waals surface area contributed by atoms with Gasteiger partial charge in [0, 0.05) is 0 Å². The molecule has 0 amide bonds. The normalized spacial score (nSPS) is 12.3. The Morgan fingerprint density at radius 2 is 1.06 bits per heavy atom. The first-order valence-corrected chi connectivity index (χ1v) is 11.4. The number of carbonyl (C=O) groups is 2. The quantitative estimate of drug-likeness (QED) is 0.259. The summed E-state index contributed by atoms with van der Waals surface area (Å²) in [6, 6.07) is 12.4. The zero-order valence-corrected chi connectivity index (χ0v) is 19.9. The third-order valence-electron chi connectivity index (χ3n) is 5.29. The SMILES string of the molecule is CCCOC(=O)c1ccc(C=C(O)C(CO)(CO)C(O)=Cc2ccc(C(=O)OCCC)cc2)cc1. The summed E-state index contributed by atoms with van der Waals surface area (Å²) in [6.45, 7) is 2.85. The molecule has 188 valence electrons. The molecule has 8 heteroatoms. The highest BCUT2D eigenvalue weighted by atomic mass is 16.5. The predicted octanol–water partition coefficient (Wildman–Crippen LogP) is 4.29. The summed E-state index contributed by atoms with van der Waals surface area (Å²) < 4.78 is 10.2. The smallest absolute Gasteiger partial charge is 0.338 e. The second-order valence-electron chi connectivity index (χ2n) is 7.97. The number of hydrogen-bond acceptors (Lipinski definition) is 8. The van der Waals surface area contributed by atoms with E-state index in [1.165, 1.54) is 36.4 Å². The van der Waals surface area contributed by atoms with Crippen LogP contribution in [0, 0.1) is 5.41 Å². The first-order valence-electron chi connectivity index (χ1n) is 11.4. The van der Waals surface area contributed by atoms with E-state index in [1.807, 2.05) is 13.8 Å². The molecule has 0 radical (unpaired) electrons. The fourth-order valence-electron chi connectivity index (χ4n) is 3.08. The Labute approximate surface area is 204 Å². The van der Waals surface area contributed by atoms with E-state index >= 15 is 0 Å². The third kappa shape index (κ3) is 7.18. The molecular weight excluding hydrogens is 452 g/mol. The molecule has 0 unspecified atom stereocenters. The van der Waals surface area contributed by atoms with E-state index in [9.17, 15) is 30.0 Å². The van der Waals surface area contributed by atoms with Crippen molar-refractivity contribution in [2.24, 2.45) is 5.41 Å². The van der Waals surface area contributed by atoms with Crippen molar-refractivity contribution >= 4 is 24.1 Å². The number of aliphatic hydroxyl groups excluding tert-OH is 4. The van der Waals surface area contributed by atoms with Crippen LogP contribution in [0.1, 0.15) is 58.5 Å². The molecule has 2 rings (SSSR count). The van der Waals surface area contributed by atoms with E-state index < -0.39 is 42.1 Å². The lowest BCUT2D eigenvalue weighted by molar-refractivity contribution is 0.0484. The molecule has 0 fully saturated rings. The van der Waals surface area contributed by atoms with Gasteiger partial charge in [0.2, 0.25) is 0 Å². The van der Waals surface area contributed by atoms with Gasteiger partial charge in [-0.25, -0.2) is 9.59 Å². The van der Waals surface area contributed by atoms with Crippen molar-refractivity contribution in [3.8, 4) is 0 Å². The zero-order valence-electron chi connectivity index (χ0n) is 19.9. The van der Waals surface area contributed by atoms with Crippen LogP contribution in [0.4, 0.5) is 0 Å². The number of benzene rings is 2. The molecule has 0 atom stereocenters. The van der Waals surface area contributed by atoms with Gasteiger partial charge in [-0.1, -0.05) is 38.1 Å². The molecule has 0 aliphatic rings. The summed E-state index contributed by atoms with van der Waals surface area (Å²) in [5.41, 5.74) is -0.227. The van der Waals surface area contributed by atoms with Crippen molar-refractivity contribution in [2.75, 3.05) is 26.4 Å². The van der Waals surface area contributed by atoms with Crippen LogP contribution < -0.4 is 0 Å². The monoisotopic (exact) mass is 484 g/mol. The topological polar surface area (TPSA) is 134 Å². The van der Waals surface area contributed by atoms with Gasteiger partial charge in [0.05, 0.1) is 37.6 Å². The van der Waals surface area contributed by atoms with Gasteiger partial charge in [-0.15, -0.1) is 0 Å². The maximum Gasteiger partial charge on any atom is 0.338 e. The van der Waals surface area contributed by atoms with Crippen LogP contribution in [-0.2, 0) is 9.47 Å². The average Bonchev–Trinajstić information content (AvgIpc) is 2.87. The Morgan fingerprint density at radius 3 is 1.34 bits per heavy atom. The molecule has 0 aliphatic heterocycles. The standard InChI is InChI=1S/C27H32O8/c1-3-13-34-25(32)21-9-5-19(6-10-21)15-23(30)27(17-28,18-29)24(31)16-20-7-11-22(12-8-20)26(33)35-14-4-2/h5-12,15-16,28-31H,3-4,13-14,17-18H2,1-2H3. The number of aliphatic hydroxyl groups is 4. The molecule has 2 aromatic carbocycles. The number of esters is 2. The number of ether oxygens (including phenoxy) is 2. The van der Waals surface area contributed by atoms with Gasteiger partial charge < -0.3 is 29.9 Å². The minimum absolute atomic E-state index is 0.314. The molecule has 0 saturated heterocycles. The van der Waals surface area contributed by atoms with Gasteiger partial charge in [-0.05, 0) is 60.4 Å². The van der Waals surface area contributed by atoms with E-state index in [-0.39, 0.29) is 0 Å². The Kier molecular flexibility index (Phi) is 10.5. The lowest BCUT2D eigenvalue weighted by Gasteiger charge is -2.28. The first-order chi connectivity index (χ1) is 16.8. The Morgan fingerprint density at radius 1 is 0.714 bits per heavy atom. The van der Waals surface area contributed by atoms with Gasteiger partial charge in [0.15, 0.2) is 0 Å². The summed E-state index contributed by atoms with van der Waals surface area (Å²) in [5.74, 6) is -1.87. The molecular formula is C27H32O8. The Balaban J connectivity index is 2.26. The second-order valence-corrected chi connectivity index (χ2v) is 7.97.